The zero-order valence-electron chi connectivity index (χ0n) is 8.42. The van der Waals surface area contributed by atoms with E-state index in [0.717, 1.165) is 30.7 Å². The molecule has 84 valence electrons. The minimum atomic E-state index is 0.120. The molecule has 16 heavy (non-hydrogen) atoms. The Hall–Kier alpha value is 0.0300. The van der Waals surface area contributed by atoms with E-state index in [-0.39, 0.29) is 5.78 Å². The highest BCUT2D eigenvalue weighted by atomic mass is 79.9. The molecule has 2 aromatic heterocycles. The minimum absolute atomic E-state index is 0.120. The first-order valence-corrected chi connectivity index (χ1v) is 8.03. The van der Waals surface area contributed by atoms with Crippen LogP contribution in [0.1, 0.15) is 27.0 Å². The molecule has 1 nitrogen and oxygen atoms in total. The van der Waals surface area contributed by atoms with Crippen molar-refractivity contribution in [1.29, 1.82) is 0 Å². The highest BCUT2D eigenvalue weighted by Crippen LogP contribution is 2.35. The highest BCUT2D eigenvalue weighted by Gasteiger charge is 2.19. The summed E-state index contributed by atoms with van der Waals surface area (Å²) < 4.78 is 1.80. The molecular formula is C11H8Br2OS2. The van der Waals surface area contributed by atoms with Crippen molar-refractivity contribution in [3.63, 3.8) is 0 Å². The molecule has 0 fully saturated rings. The Morgan fingerprint density at radius 2 is 2.06 bits per heavy atom. The van der Waals surface area contributed by atoms with Crippen molar-refractivity contribution in [1.82, 2.24) is 0 Å². The Morgan fingerprint density at radius 1 is 1.31 bits per heavy atom. The van der Waals surface area contributed by atoms with Gasteiger partial charge in [0.15, 0.2) is 0 Å². The zero-order chi connectivity index (χ0) is 11.7. The maximum absolute atomic E-state index is 12.3. The van der Waals surface area contributed by atoms with E-state index in [2.05, 4.69) is 38.8 Å². The van der Waals surface area contributed by atoms with Crippen LogP contribution in [-0.2, 0) is 6.42 Å². The van der Waals surface area contributed by atoms with E-state index >= 15 is 0 Å². The molecule has 0 aromatic carbocycles. The summed E-state index contributed by atoms with van der Waals surface area (Å²) in [6.07, 6.45) is 0.898. The van der Waals surface area contributed by atoms with Gasteiger partial charge in [-0.1, -0.05) is 6.92 Å². The molecule has 5 heteroatoms. The second kappa shape index (κ2) is 5.12. The van der Waals surface area contributed by atoms with Gasteiger partial charge >= 0.3 is 0 Å². The summed E-state index contributed by atoms with van der Waals surface area (Å²) in [6, 6.07) is 2.02. The molecule has 2 rings (SSSR count). The molecule has 2 aromatic rings. The van der Waals surface area contributed by atoms with E-state index in [4.69, 9.17) is 0 Å². The number of carbonyl (C=O) groups excluding carboxylic acids is 1. The van der Waals surface area contributed by atoms with Gasteiger partial charge in [-0.2, -0.15) is 0 Å². The second-order valence-electron chi connectivity index (χ2n) is 3.18. The van der Waals surface area contributed by atoms with E-state index in [9.17, 15) is 4.79 Å². The van der Waals surface area contributed by atoms with E-state index in [1.165, 1.54) is 22.7 Å². The minimum Gasteiger partial charge on any atom is -0.287 e. The number of halogens is 2. The van der Waals surface area contributed by atoms with E-state index in [1.807, 2.05) is 16.8 Å². The second-order valence-corrected chi connectivity index (χ2v) is 6.63. The lowest BCUT2D eigenvalue weighted by molar-refractivity contribution is 0.104. The Labute approximate surface area is 119 Å². The van der Waals surface area contributed by atoms with Crippen LogP contribution in [0.4, 0.5) is 0 Å². The lowest BCUT2D eigenvalue weighted by Crippen LogP contribution is -1.99. The van der Waals surface area contributed by atoms with Crippen molar-refractivity contribution in [3.8, 4) is 0 Å². The molecule has 0 amide bonds. The first-order valence-electron chi connectivity index (χ1n) is 4.68. The van der Waals surface area contributed by atoms with Crippen molar-refractivity contribution in [2.24, 2.45) is 0 Å². The number of ketones is 1. The predicted molar refractivity (Wildman–Crippen MR) is 76.8 cm³/mol. The molecule has 0 aliphatic rings. The summed E-state index contributed by atoms with van der Waals surface area (Å²) in [5, 5.41) is 3.90. The topological polar surface area (TPSA) is 17.1 Å². The van der Waals surface area contributed by atoms with Crippen LogP contribution in [0.25, 0.3) is 0 Å². The fraction of sp³-hybridized carbons (Fsp3) is 0.182. The van der Waals surface area contributed by atoms with E-state index in [1.54, 1.807) is 0 Å². The summed E-state index contributed by atoms with van der Waals surface area (Å²) >= 11 is 9.81. The van der Waals surface area contributed by atoms with Crippen LogP contribution in [0.2, 0.25) is 0 Å². The van der Waals surface area contributed by atoms with Crippen molar-refractivity contribution in [3.05, 3.63) is 41.1 Å². The highest BCUT2D eigenvalue weighted by molar-refractivity contribution is 9.13. The number of rotatable bonds is 3. The van der Waals surface area contributed by atoms with Gasteiger partial charge in [0.25, 0.3) is 0 Å². The van der Waals surface area contributed by atoms with Crippen molar-refractivity contribution >= 4 is 60.3 Å². The van der Waals surface area contributed by atoms with Crippen LogP contribution < -0.4 is 0 Å². The zero-order valence-corrected chi connectivity index (χ0v) is 13.2. The van der Waals surface area contributed by atoms with Crippen LogP contribution in [0, 0.1) is 0 Å². The molecule has 0 N–H and O–H groups in total. The maximum atomic E-state index is 12.3. The Bertz CT molecular complexity index is 528. The van der Waals surface area contributed by atoms with Gasteiger partial charge in [-0.15, -0.1) is 22.7 Å². The van der Waals surface area contributed by atoms with Gasteiger partial charge in [0, 0.05) is 9.85 Å². The SMILES string of the molecule is CCc1ccsc1C(=O)c1scc(Br)c1Br. The van der Waals surface area contributed by atoms with Crippen molar-refractivity contribution < 1.29 is 4.79 Å². The van der Waals surface area contributed by atoms with Crippen molar-refractivity contribution in [2.45, 2.75) is 13.3 Å². The third-order valence-corrected chi connectivity index (χ3v) is 6.71. The molecule has 0 radical (unpaired) electrons. The molecule has 0 unspecified atom stereocenters. The Kier molecular flexibility index (Phi) is 4.00. The number of aryl methyl sites for hydroxylation is 1. The summed E-state index contributed by atoms with van der Waals surface area (Å²) in [4.78, 5) is 13.9. The molecule has 0 bridgehead atoms. The fourth-order valence-electron chi connectivity index (χ4n) is 1.39. The van der Waals surface area contributed by atoms with E-state index in [0.29, 0.717) is 0 Å². The van der Waals surface area contributed by atoms with Gasteiger partial charge in [0.1, 0.15) is 0 Å². The van der Waals surface area contributed by atoms with Crippen LogP contribution in [-0.4, -0.2) is 5.78 Å². The maximum Gasteiger partial charge on any atom is 0.214 e. The Balaban J connectivity index is 2.43. The molecule has 0 spiro atoms. The fourth-order valence-corrected chi connectivity index (χ4v) is 4.50. The van der Waals surface area contributed by atoms with Gasteiger partial charge in [-0.05, 0) is 55.3 Å². The molecule has 0 saturated heterocycles. The molecule has 0 saturated carbocycles. The normalized spacial score (nSPS) is 10.7. The van der Waals surface area contributed by atoms with Crippen LogP contribution in [0.5, 0.6) is 0 Å². The summed E-state index contributed by atoms with van der Waals surface area (Å²) in [5.41, 5.74) is 1.13. The standard InChI is InChI=1S/C11H8Br2OS2/c1-2-6-3-4-15-10(6)9(14)11-8(13)7(12)5-16-11/h3-5H,2H2,1H3. The van der Waals surface area contributed by atoms with Crippen molar-refractivity contribution in [2.75, 3.05) is 0 Å². The third-order valence-electron chi connectivity index (χ3n) is 2.23. The number of hydrogen-bond donors (Lipinski definition) is 0. The quantitative estimate of drug-likeness (QED) is 0.675. The lowest BCUT2D eigenvalue weighted by atomic mass is 10.1. The lowest BCUT2D eigenvalue weighted by Gasteiger charge is -1.99. The predicted octanol–water partition coefficient (Wildman–Crippen LogP) is 5.13. The molecule has 0 aliphatic heterocycles. The molecule has 0 aliphatic carbocycles. The summed E-state index contributed by atoms with van der Waals surface area (Å²) in [5.74, 6) is 0.120. The van der Waals surface area contributed by atoms with Gasteiger partial charge in [-0.25, -0.2) is 0 Å². The largest absolute Gasteiger partial charge is 0.287 e. The average Bonchev–Trinajstić information content (AvgIpc) is 2.86. The summed E-state index contributed by atoms with van der Waals surface area (Å²) in [6.45, 7) is 2.07. The summed E-state index contributed by atoms with van der Waals surface area (Å²) in [7, 11) is 0. The van der Waals surface area contributed by atoms with Crippen LogP contribution >= 0.6 is 54.5 Å². The molecule has 0 atom stereocenters. The van der Waals surface area contributed by atoms with Crippen LogP contribution in [0.15, 0.2) is 25.8 Å². The van der Waals surface area contributed by atoms with E-state index < -0.39 is 0 Å². The Morgan fingerprint density at radius 3 is 2.62 bits per heavy atom. The third kappa shape index (κ3) is 2.18. The average molecular weight is 380 g/mol. The van der Waals surface area contributed by atoms with Gasteiger partial charge in [0.05, 0.1) is 14.2 Å². The first-order chi connectivity index (χ1) is 7.65. The molecular weight excluding hydrogens is 372 g/mol. The molecule has 2 heterocycles. The van der Waals surface area contributed by atoms with Gasteiger partial charge in [0.2, 0.25) is 5.78 Å². The van der Waals surface area contributed by atoms with Gasteiger partial charge in [-0.3, -0.25) is 4.79 Å². The first kappa shape index (κ1) is 12.5. The smallest absolute Gasteiger partial charge is 0.214 e. The number of carbonyl (C=O) groups is 1. The number of thiophene rings is 2. The van der Waals surface area contributed by atoms with Gasteiger partial charge < -0.3 is 0 Å². The monoisotopic (exact) mass is 378 g/mol. The van der Waals surface area contributed by atoms with Crippen LogP contribution in [0.3, 0.4) is 0 Å². The number of hydrogen-bond acceptors (Lipinski definition) is 3.